The summed E-state index contributed by atoms with van der Waals surface area (Å²) in [5.74, 6) is 2.52. The molecule has 0 amide bonds. The first-order valence-electron chi connectivity index (χ1n) is 6.08. The third-order valence-corrected chi connectivity index (χ3v) is 6.87. The van der Waals surface area contributed by atoms with Crippen molar-refractivity contribution in [2.24, 2.45) is 4.40 Å². The molecule has 0 radical (unpaired) electrons. The van der Waals surface area contributed by atoms with Gasteiger partial charge in [-0.1, -0.05) is 34.9 Å². The number of benzene rings is 1. The molecule has 0 bridgehead atoms. The van der Waals surface area contributed by atoms with E-state index in [0.717, 1.165) is 21.6 Å². The van der Waals surface area contributed by atoms with Crippen LogP contribution in [0, 0.1) is 12.3 Å². The first-order chi connectivity index (χ1) is 10.5. The Morgan fingerprint density at radius 1 is 1.36 bits per heavy atom. The van der Waals surface area contributed by atoms with Crippen LogP contribution in [-0.4, -0.2) is 13.0 Å². The second kappa shape index (κ2) is 5.89. The van der Waals surface area contributed by atoms with E-state index in [4.69, 9.17) is 18.0 Å². The second-order valence-corrected chi connectivity index (χ2v) is 8.51. The van der Waals surface area contributed by atoms with Gasteiger partial charge in [0.2, 0.25) is 4.80 Å². The molecule has 0 unspecified atom stereocenters. The van der Waals surface area contributed by atoms with E-state index in [1.54, 1.807) is 28.1 Å². The molecule has 0 atom stereocenters. The minimum atomic E-state index is -3.74. The maximum Gasteiger partial charge on any atom is 0.294 e. The van der Waals surface area contributed by atoms with Gasteiger partial charge < -0.3 is 4.57 Å². The molecule has 0 spiro atoms. The summed E-state index contributed by atoms with van der Waals surface area (Å²) in [5, 5.41) is 2.28. The van der Waals surface area contributed by atoms with Gasteiger partial charge in [-0.3, -0.25) is 0 Å². The summed E-state index contributed by atoms with van der Waals surface area (Å²) < 4.78 is 31.3. The van der Waals surface area contributed by atoms with Crippen LogP contribution in [0.25, 0.3) is 10.2 Å². The fourth-order valence-electron chi connectivity index (χ4n) is 1.92. The zero-order chi connectivity index (χ0) is 15.7. The Kier molecular flexibility index (Phi) is 4.10. The molecule has 0 N–H and O–H groups in total. The Labute approximate surface area is 140 Å². The summed E-state index contributed by atoms with van der Waals surface area (Å²) in [6, 6.07) is 8.52. The van der Waals surface area contributed by atoms with Gasteiger partial charge in [-0.15, -0.1) is 22.2 Å². The molecule has 8 heteroatoms. The van der Waals surface area contributed by atoms with E-state index in [-0.39, 0.29) is 10.8 Å². The quantitative estimate of drug-likeness (QED) is 0.666. The number of thiazole rings is 1. The number of rotatable bonds is 3. The van der Waals surface area contributed by atoms with Crippen molar-refractivity contribution in [3.63, 3.8) is 0 Å². The van der Waals surface area contributed by atoms with Gasteiger partial charge in [0, 0.05) is 5.02 Å². The third kappa shape index (κ3) is 2.83. The summed E-state index contributed by atoms with van der Waals surface area (Å²) in [6.07, 6.45) is 5.39. The van der Waals surface area contributed by atoms with Crippen LogP contribution < -0.4 is 4.80 Å². The molecule has 22 heavy (non-hydrogen) atoms. The van der Waals surface area contributed by atoms with Gasteiger partial charge in [0.15, 0.2) is 0 Å². The molecule has 1 aromatic carbocycles. The maximum absolute atomic E-state index is 12.3. The molecule has 0 saturated carbocycles. The van der Waals surface area contributed by atoms with Crippen LogP contribution in [0.15, 0.2) is 44.3 Å². The van der Waals surface area contributed by atoms with Crippen LogP contribution in [0.1, 0.15) is 0 Å². The lowest BCUT2D eigenvalue weighted by atomic mass is 10.3. The lowest BCUT2D eigenvalue weighted by Gasteiger charge is -1.99. The lowest BCUT2D eigenvalue weighted by Crippen LogP contribution is -2.16. The van der Waals surface area contributed by atoms with Gasteiger partial charge in [-0.2, -0.15) is 8.42 Å². The van der Waals surface area contributed by atoms with Gasteiger partial charge in [-0.05, 0) is 29.6 Å². The molecular formula is C14H9ClN2O2S3. The Morgan fingerprint density at radius 2 is 2.18 bits per heavy atom. The number of thiophene rings is 1. The minimum Gasteiger partial charge on any atom is -0.304 e. The first kappa shape index (κ1) is 15.3. The summed E-state index contributed by atoms with van der Waals surface area (Å²) in [5.41, 5.74) is 0.812. The Balaban J connectivity index is 2.29. The van der Waals surface area contributed by atoms with Crippen molar-refractivity contribution in [1.82, 2.24) is 4.57 Å². The van der Waals surface area contributed by atoms with Gasteiger partial charge in [0.05, 0.1) is 16.8 Å². The highest BCUT2D eigenvalue weighted by atomic mass is 35.5. The van der Waals surface area contributed by atoms with Gasteiger partial charge >= 0.3 is 0 Å². The predicted octanol–water partition coefficient (Wildman–Crippen LogP) is 3.34. The van der Waals surface area contributed by atoms with Crippen LogP contribution in [0.5, 0.6) is 0 Å². The smallest absolute Gasteiger partial charge is 0.294 e. The van der Waals surface area contributed by atoms with Crippen molar-refractivity contribution in [2.45, 2.75) is 10.8 Å². The summed E-state index contributed by atoms with van der Waals surface area (Å²) in [6.45, 7) is 0.237. The Bertz CT molecular complexity index is 1040. The Hall–Kier alpha value is -1.59. The largest absolute Gasteiger partial charge is 0.304 e. The van der Waals surface area contributed by atoms with Crippen molar-refractivity contribution < 1.29 is 8.42 Å². The summed E-state index contributed by atoms with van der Waals surface area (Å²) in [4.78, 5) is 0.337. The fourth-order valence-corrected chi connectivity index (χ4v) is 5.40. The molecule has 0 aliphatic carbocycles. The molecule has 0 aliphatic heterocycles. The fraction of sp³-hybridized carbons (Fsp3) is 0.0714. The van der Waals surface area contributed by atoms with Crippen molar-refractivity contribution >= 4 is 54.5 Å². The second-order valence-electron chi connectivity index (χ2n) is 4.29. The minimum absolute atomic E-state index is 0.204. The van der Waals surface area contributed by atoms with Crippen LogP contribution in [-0.2, 0) is 16.6 Å². The standard InChI is InChI=1S/C14H9ClN2O2S3/c1-2-7-17-11-6-5-10(15)9-12(11)21-14(17)16-22(18,19)13-4-3-8-20-13/h1,3-6,8-9H,7H2. The average molecular weight is 369 g/mol. The molecule has 0 aliphatic rings. The molecule has 2 heterocycles. The number of halogens is 1. The molecule has 2 aromatic heterocycles. The summed E-state index contributed by atoms with van der Waals surface area (Å²) in [7, 11) is -3.74. The highest BCUT2D eigenvalue weighted by Gasteiger charge is 2.15. The highest BCUT2D eigenvalue weighted by molar-refractivity contribution is 7.92. The van der Waals surface area contributed by atoms with E-state index in [1.165, 1.54) is 17.4 Å². The van der Waals surface area contributed by atoms with Gasteiger partial charge in [-0.25, -0.2) is 0 Å². The van der Waals surface area contributed by atoms with Crippen molar-refractivity contribution in [2.75, 3.05) is 0 Å². The van der Waals surface area contributed by atoms with Crippen LogP contribution in [0.2, 0.25) is 5.02 Å². The zero-order valence-corrected chi connectivity index (χ0v) is 14.3. The number of aromatic nitrogens is 1. The Morgan fingerprint density at radius 3 is 2.86 bits per heavy atom. The van der Waals surface area contributed by atoms with E-state index < -0.39 is 10.0 Å². The van der Waals surface area contributed by atoms with Crippen molar-refractivity contribution in [3.8, 4) is 12.3 Å². The lowest BCUT2D eigenvalue weighted by molar-refractivity contribution is 0.598. The number of nitrogens with zero attached hydrogens (tertiary/aromatic N) is 2. The number of hydrogen-bond acceptors (Lipinski definition) is 4. The molecular weight excluding hydrogens is 360 g/mol. The third-order valence-electron chi connectivity index (χ3n) is 2.84. The first-order valence-corrected chi connectivity index (χ1v) is 9.59. The number of fused-ring (bicyclic) bond motifs is 1. The normalized spacial score (nSPS) is 12.6. The number of hydrogen-bond donors (Lipinski definition) is 0. The molecule has 0 fully saturated rings. The van der Waals surface area contributed by atoms with Crippen molar-refractivity contribution in [3.05, 3.63) is 45.5 Å². The monoisotopic (exact) mass is 368 g/mol. The van der Waals surface area contributed by atoms with Gasteiger partial charge in [0.25, 0.3) is 10.0 Å². The van der Waals surface area contributed by atoms with Crippen molar-refractivity contribution in [1.29, 1.82) is 0 Å². The number of sulfonamides is 1. The van der Waals surface area contributed by atoms with Gasteiger partial charge in [0.1, 0.15) is 4.21 Å². The van der Waals surface area contributed by atoms with Crippen LogP contribution >= 0.6 is 34.3 Å². The van der Waals surface area contributed by atoms with E-state index in [9.17, 15) is 8.42 Å². The van der Waals surface area contributed by atoms with E-state index in [0.29, 0.717) is 9.82 Å². The summed E-state index contributed by atoms with van der Waals surface area (Å²) >= 11 is 8.36. The molecule has 3 rings (SSSR count). The molecule has 4 nitrogen and oxygen atoms in total. The van der Waals surface area contributed by atoms with Crippen LogP contribution in [0.3, 0.4) is 0 Å². The predicted molar refractivity (Wildman–Crippen MR) is 90.7 cm³/mol. The molecule has 112 valence electrons. The van der Waals surface area contributed by atoms with E-state index >= 15 is 0 Å². The highest BCUT2D eigenvalue weighted by Crippen LogP contribution is 2.23. The van der Waals surface area contributed by atoms with E-state index in [1.807, 2.05) is 6.07 Å². The SMILES string of the molecule is C#CCn1c(=NS(=O)(=O)c2cccs2)sc2cc(Cl)ccc21. The van der Waals surface area contributed by atoms with E-state index in [2.05, 4.69) is 10.3 Å². The molecule has 3 aromatic rings. The molecule has 0 saturated heterocycles. The van der Waals surface area contributed by atoms with Crippen LogP contribution in [0.4, 0.5) is 0 Å². The average Bonchev–Trinajstić information content (AvgIpc) is 3.08. The topological polar surface area (TPSA) is 51.4 Å². The maximum atomic E-state index is 12.3. The number of terminal acetylenes is 1. The zero-order valence-electron chi connectivity index (χ0n) is 11.1.